The molecule has 4 heterocycles. The highest BCUT2D eigenvalue weighted by atomic mass is 32.2. The van der Waals surface area contributed by atoms with Crippen molar-refractivity contribution in [3.05, 3.63) is 77.9 Å². The van der Waals surface area contributed by atoms with Crippen LogP contribution in [0.2, 0.25) is 0 Å². The predicted molar refractivity (Wildman–Crippen MR) is 207 cm³/mol. The molecule has 2 fully saturated rings. The Hall–Kier alpha value is -3.82. The third-order valence-corrected chi connectivity index (χ3v) is 14.8. The molecule has 0 radical (unpaired) electrons. The summed E-state index contributed by atoms with van der Waals surface area (Å²) in [6, 6.07) is 18.5. The Kier molecular flexibility index (Phi) is 11.0. The van der Waals surface area contributed by atoms with Crippen molar-refractivity contribution in [1.29, 1.82) is 0 Å². The summed E-state index contributed by atoms with van der Waals surface area (Å²) in [6.07, 6.45) is 5.61. The van der Waals surface area contributed by atoms with Gasteiger partial charge in [0.25, 0.3) is 0 Å². The minimum atomic E-state index is -3.62. The summed E-state index contributed by atoms with van der Waals surface area (Å²) < 4.78 is 67.7. The first-order valence-corrected chi connectivity index (χ1v) is 21.8. The van der Waals surface area contributed by atoms with E-state index in [4.69, 9.17) is 14.7 Å². The van der Waals surface area contributed by atoms with Crippen LogP contribution in [0.5, 0.6) is 5.75 Å². The Morgan fingerprint density at radius 1 is 0.679 bits per heavy atom. The number of fused-ring (bicyclic) bond motifs is 2. The Morgan fingerprint density at radius 2 is 1.13 bits per heavy atom. The standard InChI is InChI=1S/C39H51N7O5S2/c1-5-45-35-19-17-30(52(47,48)43-21-11-7-12-22-43)25-33(35)40-38(45)27-42(29(3)32-15-9-10-16-37(32)51-4)28-39-41-34-26-31(18-20-36(34)46(39)6-2)53(49,50)44-23-13-8-14-24-44/h9-10,15-20,25-26,29H,5-8,11-14,21-24,27-28H2,1-4H3/t29-/m0/s1. The molecule has 2 aliphatic rings. The summed E-state index contributed by atoms with van der Waals surface area (Å²) in [4.78, 5) is 13.0. The number of methoxy groups -OCH3 is 1. The van der Waals surface area contributed by atoms with E-state index < -0.39 is 20.0 Å². The van der Waals surface area contributed by atoms with E-state index >= 15 is 0 Å². The lowest BCUT2D eigenvalue weighted by Gasteiger charge is -2.30. The van der Waals surface area contributed by atoms with Crippen molar-refractivity contribution in [2.24, 2.45) is 0 Å². The van der Waals surface area contributed by atoms with E-state index in [9.17, 15) is 16.8 Å². The van der Waals surface area contributed by atoms with Crippen LogP contribution in [0, 0.1) is 0 Å². The van der Waals surface area contributed by atoms with E-state index in [1.165, 1.54) is 0 Å². The van der Waals surface area contributed by atoms with E-state index in [1.807, 2.05) is 30.3 Å². The molecular weight excluding hydrogens is 711 g/mol. The molecule has 7 rings (SSSR count). The lowest BCUT2D eigenvalue weighted by atomic mass is 10.1. The summed E-state index contributed by atoms with van der Waals surface area (Å²) >= 11 is 0. The monoisotopic (exact) mass is 761 g/mol. The third-order valence-electron chi connectivity index (χ3n) is 11.0. The van der Waals surface area contributed by atoms with Gasteiger partial charge < -0.3 is 13.9 Å². The lowest BCUT2D eigenvalue weighted by Crippen LogP contribution is -2.35. The maximum atomic E-state index is 13.6. The van der Waals surface area contributed by atoms with Crippen molar-refractivity contribution in [1.82, 2.24) is 32.6 Å². The molecule has 2 aromatic heterocycles. The first-order valence-electron chi connectivity index (χ1n) is 18.9. The molecular formula is C39H51N7O5S2. The molecule has 0 amide bonds. The summed E-state index contributed by atoms with van der Waals surface area (Å²) in [5, 5.41) is 0. The molecule has 0 bridgehead atoms. The van der Waals surface area contributed by atoms with Gasteiger partial charge in [0.2, 0.25) is 20.0 Å². The average molecular weight is 762 g/mol. The van der Waals surface area contributed by atoms with Crippen LogP contribution < -0.4 is 4.74 Å². The molecule has 284 valence electrons. The van der Waals surface area contributed by atoms with Gasteiger partial charge in [0.1, 0.15) is 17.4 Å². The van der Waals surface area contributed by atoms with Crippen LogP contribution in [0.4, 0.5) is 0 Å². The van der Waals surface area contributed by atoms with Crippen LogP contribution in [0.25, 0.3) is 22.1 Å². The van der Waals surface area contributed by atoms with Crippen molar-refractivity contribution in [2.75, 3.05) is 33.3 Å². The predicted octanol–water partition coefficient (Wildman–Crippen LogP) is 6.55. The van der Waals surface area contributed by atoms with Gasteiger partial charge in [0, 0.05) is 50.9 Å². The molecule has 1 atom stereocenters. The second-order valence-electron chi connectivity index (χ2n) is 14.1. The Morgan fingerprint density at radius 3 is 1.57 bits per heavy atom. The number of hydrogen-bond donors (Lipinski definition) is 0. The number of nitrogens with zero attached hydrogens (tertiary/aromatic N) is 7. The van der Waals surface area contributed by atoms with Crippen LogP contribution in [0.1, 0.15) is 82.6 Å². The molecule has 5 aromatic rings. The number of piperidine rings is 2. The van der Waals surface area contributed by atoms with Gasteiger partial charge in [0.05, 0.1) is 52.1 Å². The van der Waals surface area contributed by atoms with E-state index in [0.717, 1.165) is 72.5 Å². The topological polar surface area (TPSA) is 123 Å². The number of para-hydroxylation sites is 1. The molecule has 0 N–H and O–H groups in total. The number of ether oxygens (including phenoxy) is 1. The zero-order chi connectivity index (χ0) is 37.3. The zero-order valence-corrected chi connectivity index (χ0v) is 32.9. The number of hydrogen-bond acceptors (Lipinski definition) is 8. The van der Waals surface area contributed by atoms with Crippen molar-refractivity contribution < 1.29 is 21.6 Å². The second-order valence-corrected chi connectivity index (χ2v) is 18.0. The van der Waals surface area contributed by atoms with Crippen molar-refractivity contribution in [3.8, 4) is 5.75 Å². The summed E-state index contributed by atoms with van der Waals surface area (Å²) in [5.74, 6) is 2.40. The first-order chi connectivity index (χ1) is 25.6. The molecule has 0 aliphatic carbocycles. The number of aryl methyl sites for hydroxylation is 2. The highest BCUT2D eigenvalue weighted by Crippen LogP contribution is 2.33. The molecule has 3 aromatic carbocycles. The van der Waals surface area contributed by atoms with Crippen LogP contribution >= 0.6 is 0 Å². The van der Waals surface area contributed by atoms with E-state index in [0.29, 0.717) is 63.4 Å². The highest BCUT2D eigenvalue weighted by molar-refractivity contribution is 7.89. The van der Waals surface area contributed by atoms with Crippen LogP contribution in [-0.2, 0) is 46.2 Å². The van der Waals surface area contributed by atoms with Gasteiger partial charge in [-0.15, -0.1) is 0 Å². The molecule has 2 saturated heterocycles. The number of sulfonamides is 2. The van der Waals surface area contributed by atoms with Gasteiger partial charge in [-0.1, -0.05) is 31.0 Å². The molecule has 2 aliphatic heterocycles. The molecule has 0 saturated carbocycles. The van der Waals surface area contributed by atoms with Crippen molar-refractivity contribution >= 4 is 42.1 Å². The van der Waals surface area contributed by atoms with E-state index in [2.05, 4.69) is 40.9 Å². The SMILES string of the molecule is CCn1c(CN(Cc2nc3cc(S(=O)(=O)N4CCCCC4)ccc3n2CC)[C@@H](C)c2ccccc2OC)nc2cc(S(=O)(=O)N3CCCCC3)ccc21. The van der Waals surface area contributed by atoms with Gasteiger partial charge >= 0.3 is 0 Å². The lowest BCUT2D eigenvalue weighted by molar-refractivity contribution is 0.175. The van der Waals surface area contributed by atoms with Gasteiger partial charge in [-0.2, -0.15) is 8.61 Å². The Balaban J connectivity index is 1.27. The van der Waals surface area contributed by atoms with Gasteiger partial charge in [-0.25, -0.2) is 26.8 Å². The van der Waals surface area contributed by atoms with E-state index in [1.54, 1.807) is 40.0 Å². The molecule has 0 spiro atoms. The molecule has 12 nitrogen and oxygen atoms in total. The Bertz CT molecular complexity index is 2170. The van der Waals surface area contributed by atoms with Gasteiger partial charge in [0.15, 0.2) is 0 Å². The van der Waals surface area contributed by atoms with Crippen LogP contribution in [0.15, 0.2) is 70.5 Å². The fraction of sp³-hybridized carbons (Fsp3) is 0.487. The van der Waals surface area contributed by atoms with Crippen molar-refractivity contribution in [3.63, 3.8) is 0 Å². The summed E-state index contributed by atoms with van der Waals surface area (Å²) in [5.41, 5.74) is 4.07. The van der Waals surface area contributed by atoms with Gasteiger partial charge in [-0.05, 0) is 88.9 Å². The van der Waals surface area contributed by atoms with E-state index in [-0.39, 0.29) is 15.8 Å². The van der Waals surface area contributed by atoms with Gasteiger partial charge in [-0.3, -0.25) is 4.90 Å². The fourth-order valence-electron chi connectivity index (χ4n) is 8.00. The smallest absolute Gasteiger partial charge is 0.243 e. The molecule has 53 heavy (non-hydrogen) atoms. The number of imidazole rings is 2. The molecule has 0 unspecified atom stereocenters. The highest BCUT2D eigenvalue weighted by Gasteiger charge is 2.30. The third kappa shape index (κ3) is 7.23. The van der Waals surface area contributed by atoms with Crippen molar-refractivity contribution in [2.45, 2.75) is 101 Å². The summed E-state index contributed by atoms with van der Waals surface area (Å²) in [7, 11) is -5.56. The number of benzene rings is 3. The van der Waals surface area contributed by atoms with Crippen LogP contribution in [0.3, 0.4) is 0 Å². The second kappa shape index (κ2) is 15.5. The summed E-state index contributed by atoms with van der Waals surface area (Å²) in [6.45, 7) is 10.7. The maximum absolute atomic E-state index is 13.6. The van der Waals surface area contributed by atoms with Crippen LogP contribution in [-0.4, -0.2) is 82.7 Å². The normalized spacial score (nSPS) is 17.2. The maximum Gasteiger partial charge on any atom is 0.243 e. The number of rotatable bonds is 13. The minimum absolute atomic E-state index is 0.133. The largest absolute Gasteiger partial charge is 0.496 e. The molecule has 14 heteroatoms. The zero-order valence-electron chi connectivity index (χ0n) is 31.2. The quantitative estimate of drug-likeness (QED) is 0.133. The fourth-order valence-corrected chi connectivity index (χ4v) is 11.1. The first kappa shape index (κ1) is 37.5. The average Bonchev–Trinajstić information content (AvgIpc) is 3.73. The minimum Gasteiger partial charge on any atom is -0.496 e. The Labute approximate surface area is 313 Å². The number of aromatic nitrogens is 4.